The Morgan fingerprint density at radius 2 is 2.07 bits per heavy atom. The molecular weight excluding hydrogens is 182 g/mol. The molecule has 1 aromatic carbocycles. The van der Waals surface area contributed by atoms with E-state index in [4.69, 9.17) is 10.5 Å². The average molecular weight is 195 g/mol. The highest BCUT2D eigenvalue weighted by atomic mass is 16.5. The number of aliphatic hydroxyl groups is 1. The molecule has 0 aliphatic carbocycles. The lowest BCUT2D eigenvalue weighted by Crippen LogP contribution is -2.29. The number of carbonyl (C=O) groups is 1. The van der Waals surface area contributed by atoms with Crippen molar-refractivity contribution in [3.05, 3.63) is 29.8 Å². The fourth-order valence-corrected chi connectivity index (χ4v) is 1.05. The first-order valence-electron chi connectivity index (χ1n) is 4.25. The van der Waals surface area contributed by atoms with Crippen LogP contribution in [0.1, 0.15) is 10.4 Å². The Morgan fingerprint density at radius 3 is 2.50 bits per heavy atom. The van der Waals surface area contributed by atoms with Crippen molar-refractivity contribution < 1.29 is 14.6 Å². The maximum absolute atomic E-state index is 11.4. The lowest BCUT2D eigenvalue weighted by atomic mass is 10.1. The molecule has 0 bridgehead atoms. The number of methoxy groups -OCH3 is 1. The fraction of sp³-hybridized carbons (Fsp3) is 0.300. The number of Topliss-reactive ketones (excluding diaryl/α,β-unsaturated/α-hetero) is 1. The molecule has 1 rings (SSSR count). The van der Waals surface area contributed by atoms with Crippen molar-refractivity contribution in [2.24, 2.45) is 5.73 Å². The van der Waals surface area contributed by atoms with Crippen LogP contribution < -0.4 is 10.5 Å². The van der Waals surface area contributed by atoms with E-state index in [2.05, 4.69) is 0 Å². The van der Waals surface area contributed by atoms with Crippen LogP contribution in [0.25, 0.3) is 0 Å². The summed E-state index contributed by atoms with van der Waals surface area (Å²) in [5, 5.41) is 9.20. The number of carbonyl (C=O) groups excluding carboxylic acids is 1. The number of aliphatic hydroxyl groups excluding tert-OH is 1. The van der Waals surface area contributed by atoms with Gasteiger partial charge in [0.05, 0.1) is 7.11 Å². The first kappa shape index (κ1) is 10.7. The molecule has 0 radical (unpaired) electrons. The second-order valence-electron chi connectivity index (χ2n) is 2.84. The molecule has 0 saturated carbocycles. The SMILES string of the molecule is COc1ccc(C(=O)C(O)CN)cc1. The predicted octanol–water partition coefficient (Wildman–Crippen LogP) is 0.197. The third-order valence-electron chi connectivity index (χ3n) is 1.90. The van der Waals surface area contributed by atoms with E-state index in [1.807, 2.05) is 0 Å². The minimum Gasteiger partial charge on any atom is -0.497 e. The number of rotatable bonds is 4. The van der Waals surface area contributed by atoms with E-state index in [1.54, 1.807) is 31.4 Å². The van der Waals surface area contributed by atoms with E-state index in [-0.39, 0.29) is 12.3 Å². The molecule has 0 aliphatic rings. The molecule has 0 amide bonds. The summed E-state index contributed by atoms with van der Waals surface area (Å²) < 4.78 is 4.94. The topological polar surface area (TPSA) is 72.5 Å². The van der Waals surface area contributed by atoms with Crippen molar-refractivity contribution in [1.82, 2.24) is 0 Å². The molecular formula is C10H13NO3. The Bertz CT molecular complexity index is 308. The minimum absolute atomic E-state index is 0.0646. The molecule has 76 valence electrons. The summed E-state index contributed by atoms with van der Waals surface area (Å²) in [5.41, 5.74) is 5.60. The van der Waals surface area contributed by atoms with Crippen LogP contribution >= 0.6 is 0 Å². The van der Waals surface area contributed by atoms with Gasteiger partial charge in [-0.05, 0) is 24.3 Å². The number of nitrogens with two attached hydrogens (primary N) is 1. The predicted molar refractivity (Wildman–Crippen MR) is 52.4 cm³/mol. The summed E-state index contributed by atoms with van der Waals surface area (Å²) in [6.07, 6.45) is -1.12. The van der Waals surface area contributed by atoms with Crippen molar-refractivity contribution >= 4 is 5.78 Å². The smallest absolute Gasteiger partial charge is 0.192 e. The van der Waals surface area contributed by atoms with E-state index in [1.165, 1.54) is 0 Å². The summed E-state index contributed by atoms with van der Waals surface area (Å²) in [6.45, 7) is -0.0646. The molecule has 3 N–H and O–H groups in total. The van der Waals surface area contributed by atoms with Crippen LogP contribution in [0.2, 0.25) is 0 Å². The van der Waals surface area contributed by atoms with E-state index >= 15 is 0 Å². The molecule has 0 fully saturated rings. The molecule has 0 aliphatic heterocycles. The second-order valence-corrected chi connectivity index (χ2v) is 2.84. The Labute approximate surface area is 82.3 Å². The number of benzene rings is 1. The zero-order chi connectivity index (χ0) is 10.6. The van der Waals surface area contributed by atoms with Gasteiger partial charge in [0, 0.05) is 12.1 Å². The number of ether oxygens (including phenoxy) is 1. The molecule has 1 aromatic rings. The van der Waals surface area contributed by atoms with Crippen LogP contribution in [0, 0.1) is 0 Å². The van der Waals surface area contributed by atoms with Gasteiger partial charge in [-0.25, -0.2) is 0 Å². The lowest BCUT2D eigenvalue weighted by Gasteiger charge is -2.06. The van der Waals surface area contributed by atoms with Crippen LogP contribution in [0.15, 0.2) is 24.3 Å². The summed E-state index contributed by atoms with van der Waals surface area (Å²) in [5.74, 6) is 0.305. The first-order valence-corrected chi connectivity index (χ1v) is 4.25. The monoisotopic (exact) mass is 195 g/mol. The molecule has 0 saturated heterocycles. The Kier molecular flexibility index (Phi) is 3.62. The van der Waals surface area contributed by atoms with Crippen molar-refractivity contribution in [3.63, 3.8) is 0 Å². The minimum atomic E-state index is -1.12. The Balaban J connectivity index is 2.81. The van der Waals surface area contributed by atoms with Gasteiger partial charge in [0.2, 0.25) is 0 Å². The van der Waals surface area contributed by atoms with Gasteiger partial charge in [0.25, 0.3) is 0 Å². The zero-order valence-electron chi connectivity index (χ0n) is 7.93. The molecule has 14 heavy (non-hydrogen) atoms. The van der Waals surface area contributed by atoms with E-state index < -0.39 is 6.10 Å². The van der Waals surface area contributed by atoms with E-state index in [9.17, 15) is 9.90 Å². The van der Waals surface area contributed by atoms with Crippen molar-refractivity contribution in [1.29, 1.82) is 0 Å². The van der Waals surface area contributed by atoms with Gasteiger partial charge in [-0.15, -0.1) is 0 Å². The van der Waals surface area contributed by atoms with Crippen molar-refractivity contribution in [3.8, 4) is 5.75 Å². The van der Waals surface area contributed by atoms with Gasteiger partial charge in [-0.1, -0.05) is 0 Å². The normalized spacial score (nSPS) is 12.2. The Hall–Kier alpha value is -1.39. The highest BCUT2D eigenvalue weighted by Gasteiger charge is 2.14. The number of hydrogen-bond acceptors (Lipinski definition) is 4. The quantitative estimate of drug-likeness (QED) is 0.673. The molecule has 1 atom stereocenters. The van der Waals surface area contributed by atoms with Gasteiger partial charge in [0.1, 0.15) is 11.9 Å². The fourth-order valence-electron chi connectivity index (χ4n) is 1.05. The summed E-state index contributed by atoms with van der Waals surface area (Å²) in [7, 11) is 1.55. The van der Waals surface area contributed by atoms with Crippen LogP contribution in [0.4, 0.5) is 0 Å². The van der Waals surface area contributed by atoms with Crippen LogP contribution in [-0.2, 0) is 0 Å². The van der Waals surface area contributed by atoms with Gasteiger partial charge in [0.15, 0.2) is 5.78 Å². The second kappa shape index (κ2) is 4.74. The largest absolute Gasteiger partial charge is 0.497 e. The third-order valence-corrected chi connectivity index (χ3v) is 1.90. The molecule has 0 heterocycles. The Morgan fingerprint density at radius 1 is 1.50 bits per heavy atom. The average Bonchev–Trinajstić information content (AvgIpc) is 2.27. The maximum Gasteiger partial charge on any atom is 0.192 e. The van der Waals surface area contributed by atoms with Crippen LogP contribution in [0.3, 0.4) is 0 Å². The molecule has 4 nitrogen and oxygen atoms in total. The van der Waals surface area contributed by atoms with Crippen LogP contribution in [-0.4, -0.2) is 30.6 Å². The van der Waals surface area contributed by atoms with Gasteiger partial charge in [-0.2, -0.15) is 0 Å². The van der Waals surface area contributed by atoms with Gasteiger partial charge in [-0.3, -0.25) is 4.79 Å². The van der Waals surface area contributed by atoms with Crippen LogP contribution in [0.5, 0.6) is 5.75 Å². The molecule has 0 aromatic heterocycles. The highest BCUT2D eigenvalue weighted by Crippen LogP contribution is 2.12. The molecule has 1 unspecified atom stereocenters. The summed E-state index contributed by atoms with van der Waals surface area (Å²) >= 11 is 0. The summed E-state index contributed by atoms with van der Waals surface area (Å²) in [4.78, 5) is 11.4. The van der Waals surface area contributed by atoms with E-state index in [0.717, 1.165) is 0 Å². The third kappa shape index (κ3) is 2.31. The molecule has 0 spiro atoms. The van der Waals surface area contributed by atoms with Crippen molar-refractivity contribution in [2.45, 2.75) is 6.10 Å². The zero-order valence-corrected chi connectivity index (χ0v) is 7.93. The highest BCUT2D eigenvalue weighted by molar-refractivity contribution is 5.99. The van der Waals surface area contributed by atoms with Gasteiger partial charge < -0.3 is 15.6 Å². The standard InChI is InChI=1S/C10H13NO3/c1-14-8-4-2-7(3-5-8)10(13)9(12)6-11/h2-5,9,12H,6,11H2,1H3. The maximum atomic E-state index is 11.4. The van der Waals surface area contributed by atoms with Gasteiger partial charge >= 0.3 is 0 Å². The van der Waals surface area contributed by atoms with Crippen molar-refractivity contribution in [2.75, 3.05) is 13.7 Å². The number of hydrogen-bond donors (Lipinski definition) is 2. The molecule has 4 heteroatoms. The summed E-state index contributed by atoms with van der Waals surface area (Å²) in [6, 6.07) is 6.52. The first-order chi connectivity index (χ1) is 6.69. The number of ketones is 1. The lowest BCUT2D eigenvalue weighted by molar-refractivity contribution is 0.0763. The van der Waals surface area contributed by atoms with E-state index in [0.29, 0.717) is 11.3 Å².